The molecule has 0 heteroatoms. The van der Waals surface area contributed by atoms with Crippen molar-refractivity contribution in [1.82, 2.24) is 0 Å². The second-order valence-electron chi connectivity index (χ2n) is 12.5. The van der Waals surface area contributed by atoms with E-state index in [-0.39, 0.29) is 0 Å². The predicted octanol–water partition coefficient (Wildman–Crippen LogP) is 12.9. The number of hydrogen-bond donors (Lipinski definition) is 0. The second-order valence-corrected chi connectivity index (χ2v) is 12.5. The van der Waals surface area contributed by atoms with Crippen LogP contribution in [0.2, 0.25) is 0 Å². The molecule has 0 bridgehead atoms. The lowest BCUT2D eigenvalue weighted by atomic mass is 9.85. The van der Waals surface area contributed by atoms with E-state index in [1.807, 2.05) is 0 Å². The Hall–Kier alpha value is -5.98. The van der Waals surface area contributed by atoms with E-state index < -0.39 is 0 Å². The Morgan fingerprint density at radius 2 is 0.787 bits per heavy atom. The molecule has 0 saturated carbocycles. The van der Waals surface area contributed by atoms with Crippen LogP contribution in [-0.4, -0.2) is 0 Å². The molecule has 220 valence electrons. The first-order chi connectivity index (χ1) is 23.3. The molecule has 9 aromatic rings. The summed E-state index contributed by atoms with van der Waals surface area (Å²) in [4.78, 5) is 0. The fourth-order valence-electron chi connectivity index (χ4n) is 7.44. The van der Waals surface area contributed by atoms with E-state index in [1.165, 1.54) is 87.6 Å². The van der Waals surface area contributed by atoms with E-state index in [0.29, 0.717) is 0 Å². The molecule has 0 atom stereocenters. The molecule has 0 aliphatic rings. The van der Waals surface area contributed by atoms with Crippen LogP contribution >= 0.6 is 0 Å². The van der Waals surface area contributed by atoms with Gasteiger partial charge in [-0.15, -0.1) is 0 Å². The van der Waals surface area contributed by atoms with Gasteiger partial charge in [-0.3, -0.25) is 0 Å². The van der Waals surface area contributed by atoms with Crippen molar-refractivity contribution in [1.29, 1.82) is 0 Å². The molecule has 0 fully saturated rings. The van der Waals surface area contributed by atoms with Crippen molar-refractivity contribution in [2.24, 2.45) is 0 Å². The molecule has 0 nitrogen and oxygen atoms in total. The zero-order valence-corrected chi connectivity index (χ0v) is 26.0. The molecule has 0 saturated heterocycles. The quantitative estimate of drug-likeness (QED) is 0.173. The minimum Gasteiger partial charge on any atom is -0.0622 e. The van der Waals surface area contributed by atoms with Crippen molar-refractivity contribution in [3.05, 3.63) is 193 Å². The molecule has 47 heavy (non-hydrogen) atoms. The third kappa shape index (κ3) is 4.87. The van der Waals surface area contributed by atoms with Crippen molar-refractivity contribution in [2.45, 2.75) is 6.42 Å². The molecule has 9 rings (SSSR count). The monoisotopic (exact) mass is 596 g/mol. The Morgan fingerprint density at radius 3 is 1.49 bits per heavy atom. The van der Waals surface area contributed by atoms with Gasteiger partial charge in [-0.1, -0.05) is 164 Å². The number of rotatable bonds is 5. The summed E-state index contributed by atoms with van der Waals surface area (Å²) in [5.74, 6) is 0. The Labute approximate surface area is 275 Å². The lowest BCUT2D eigenvalue weighted by Gasteiger charge is -2.19. The summed E-state index contributed by atoms with van der Waals surface area (Å²) in [6, 6.07) is 66.8. The molecule has 0 heterocycles. The van der Waals surface area contributed by atoms with Crippen LogP contribution in [0.3, 0.4) is 0 Å². The molecule has 0 N–H and O–H groups in total. The van der Waals surface area contributed by atoms with E-state index in [9.17, 15) is 0 Å². The lowest BCUT2D eigenvalue weighted by molar-refractivity contribution is 1.23. The zero-order chi connectivity index (χ0) is 31.2. The molecule has 0 amide bonds. The van der Waals surface area contributed by atoms with E-state index >= 15 is 0 Å². The van der Waals surface area contributed by atoms with Gasteiger partial charge in [0.25, 0.3) is 0 Å². The highest BCUT2D eigenvalue weighted by Gasteiger charge is 2.17. The molecule has 9 aromatic carbocycles. The summed E-state index contributed by atoms with van der Waals surface area (Å²) in [6.07, 6.45) is 0.860. The predicted molar refractivity (Wildman–Crippen MR) is 202 cm³/mol. The SMILES string of the molecule is c1ccc(-c2ccccc2Cc2c3ccccc3c(-c3ccc4ccc(-c5ccc6ccccc6c5)cc4c3)c3ccccc23)cc1. The molecule has 0 aliphatic carbocycles. The van der Waals surface area contributed by atoms with Crippen LogP contribution in [0.4, 0.5) is 0 Å². The van der Waals surface area contributed by atoms with Crippen molar-refractivity contribution in [2.75, 3.05) is 0 Å². The maximum Gasteiger partial charge on any atom is -0.000728 e. The van der Waals surface area contributed by atoms with Gasteiger partial charge >= 0.3 is 0 Å². The van der Waals surface area contributed by atoms with Gasteiger partial charge in [0, 0.05) is 0 Å². The van der Waals surface area contributed by atoms with Crippen molar-refractivity contribution < 1.29 is 0 Å². The van der Waals surface area contributed by atoms with E-state index in [0.717, 1.165) is 6.42 Å². The maximum atomic E-state index is 2.39. The minimum absolute atomic E-state index is 0.860. The van der Waals surface area contributed by atoms with E-state index in [1.54, 1.807) is 0 Å². The maximum absolute atomic E-state index is 2.39. The molecular weight excluding hydrogens is 565 g/mol. The van der Waals surface area contributed by atoms with Crippen LogP contribution in [0.1, 0.15) is 11.1 Å². The molecule has 0 aromatic heterocycles. The third-order valence-corrected chi connectivity index (χ3v) is 9.72. The molecule has 0 spiro atoms. The van der Waals surface area contributed by atoms with Crippen LogP contribution in [0.5, 0.6) is 0 Å². The average Bonchev–Trinajstić information content (AvgIpc) is 3.14. The number of fused-ring (bicyclic) bond motifs is 4. The first-order valence-electron chi connectivity index (χ1n) is 16.4. The lowest BCUT2D eigenvalue weighted by Crippen LogP contribution is -1.97. The van der Waals surface area contributed by atoms with Gasteiger partial charge in [0.2, 0.25) is 0 Å². The first-order valence-corrected chi connectivity index (χ1v) is 16.4. The van der Waals surface area contributed by atoms with E-state index in [2.05, 4.69) is 182 Å². The van der Waals surface area contributed by atoms with Gasteiger partial charge in [0.05, 0.1) is 0 Å². The average molecular weight is 597 g/mol. The molecule has 0 unspecified atom stereocenters. The van der Waals surface area contributed by atoms with E-state index in [4.69, 9.17) is 0 Å². The highest BCUT2D eigenvalue weighted by molar-refractivity contribution is 6.16. The van der Waals surface area contributed by atoms with Crippen LogP contribution < -0.4 is 0 Å². The normalized spacial score (nSPS) is 11.5. The fourth-order valence-corrected chi connectivity index (χ4v) is 7.44. The van der Waals surface area contributed by atoms with Crippen molar-refractivity contribution >= 4 is 43.1 Å². The third-order valence-electron chi connectivity index (χ3n) is 9.72. The molecule has 0 aliphatic heterocycles. The standard InChI is InChI=1S/C47H32/c1-2-13-34(14-3-1)41-17-7-6-16-38(41)31-46-42-18-8-10-20-44(42)47(45-21-11-9-19-43(45)46)39-27-24-33-23-26-37(29-40(33)30-39)36-25-22-32-12-4-5-15-35(32)28-36/h1-30H,31H2. The largest absolute Gasteiger partial charge is 0.0622 e. The van der Waals surface area contributed by atoms with Crippen LogP contribution in [-0.2, 0) is 6.42 Å². The summed E-state index contributed by atoms with van der Waals surface area (Å²) < 4.78 is 0. The first kappa shape index (κ1) is 27.3. The van der Waals surface area contributed by atoms with Gasteiger partial charge in [0.1, 0.15) is 0 Å². The Bertz CT molecular complexity index is 2530. The highest BCUT2D eigenvalue weighted by Crippen LogP contribution is 2.42. The highest BCUT2D eigenvalue weighted by atomic mass is 14.2. The summed E-state index contributed by atoms with van der Waals surface area (Å²) in [5, 5.41) is 10.3. The minimum atomic E-state index is 0.860. The van der Waals surface area contributed by atoms with Gasteiger partial charge in [0.15, 0.2) is 0 Å². The Morgan fingerprint density at radius 1 is 0.298 bits per heavy atom. The summed E-state index contributed by atoms with van der Waals surface area (Å²) >= 11 is 0. The number of hydrogen-bond acceptors (Lipinski definition) is 0. The summed E-state index contributed by atoms with van der Waals surface area (Å²) in [7, 11) is 0. The van der Waals surface area contributed by atoms with Crippen molar-refractivity contribution in [3.8, 4) is 33.4 Å². The van der Waals surface area contributed by atoms with Gasteiger partial charge < -0.3 is 0 Å². The fraction of sp³-hybridized carbons (Fsp3) is 0.0213. The zero-order valence-electron chi connectivity index (χ0n) is 26.0. The molecule has 0 radical (unpaired) electrons. The second kappa shape index (κ2) is 11.4. The topological polar surface area (TPSA) is 0 Å². The smallest absolute Gasteiger partial charge is 0.000728 e. The molecular formula is C47H32. The summed E-state index contributed by atoms with van der Waals surface area (Å²) in [6.45, 7) is 0. The number of benzene rings is 9. The Balaban J connectivity index is 1.22. The van der Waals surface area contributed by atoms with Crippen molar-refractivity contribution in [3.63, 3.8) is 0 Å². The van der Waals surface area contributed by atoms with Crippen LogP contribution in [0.25, 0.3) is 76.5 Å². The summed E-state index contributed by atoms with van der Waals surface area (Å²) in [5.41, 5.74) is 10.3. The van der Waals surface area contributed by atoms with Crippen LogP contribution in [0, 0.1) is 0 Å². The Kier molecular flexibility index (Phi) is 6.65. The van der Waals surface area contributed by atoms with Crippen LogP contribution in [0.15, 0.2) is 182 Å². The van der Waals surface area contributed by atoms with Gasteiger partial charge in [-0.2, -0.15) is 0 Å². The van der Waals surface area contributed by atoms with Gasteiger partial charge in [-0.05, 0) is 112 Å². The van der Waals surface area contributed by atoms with Gasteiger partial charge in [-0.25, -0.2) is 0 Å².